The van der Waals surface area contributed by atoms with Gasteiger partial charge in [0, 0.05) is 10.3 Å². The Kier molecular flexibility index (Phi) is 6.98. The van der Waals surface area contributed by atoms with E-state index in [0.29, 0.717) is 29.8 Å². The van der Waals surface area contributed by atoms with Crippen molar-refractivity contribution in [2.75, 3.05) is 6.61 Å². The summed E-state index contributed by atoms with van der Waals surface area (Å²) in [5.41, 5.74) is 1.11. The molecule has 170 valence electrons. The molecule has 0 saturated heterocycles. The Morgan fingerprint density at radius 1 is 1.10 bits per heavy atom. The first-order chi connectivity index (χ1) is 14.3. The van der Waals surface area contributed by atoms with Crippen LogP contribution in [0, 0.1) is 46.3 Å². The molecule has 4 saturated carbocycles. The van der Waals surface area contributed by atoms with Crippen LogP contribution in [0.5, 0.6) is 0 Å². The van der Waals surface area contributed by atoms with Crippen molar-refractivity contribution < 1.29 is 9.53 Å². The monoisotopic (exact) mass is 526 g/mol. The van der Waals surface area contributed by atoms with E-state index in [1.165, 1.54) is 57.8 Å². The highest BCUT2D eigenvalue weighted by molar-refractivity contribution is 14.1. The molecule has 0 bridgehead atoms. The van der Waals surface area contributed by atoms with Crippen LogP contribution in [0.2, 0.25) is 0 Å². The molecule has 0 amide bonds. The maximum atomic E-state index is 12.0. The van der Waals surface area contributed by atoms with Crippen molar-refractivity contribution >= 4 is 28.6 Å². The zero-order chi connectivity index (χ0) is 21.5. The number of alkyl halides is 1. The summed E-state index contributed by atoms with van der Waals surface area (Å²) < 4.78 is 6.14. The Hall–Kier alpha value is -0.0600. The van der Waals surface area contributed by atoms with E-state index in [1.54, 1.807) is 6.08 Å². The Morgan fingerprint density at radius 2 is 1.83 bits per heavy atom. The Balaban J connectivity index is 1.42. The van der Waals surface area contributed by atoms with Crippen molar-refractivity contribution in [2.24, 2.45) is 46.3 Å². The minimum absolute atomic E-state index is 0.0535. The van der Waals surface area contributed by atoms with Gasteiger partial charge in [-0.15, -0.1) is 0 Å². The quantitative estimate of drug-likeness (QED) is 0.154. The van der Waals surface area contributed by atoms with Gasteiger partial charge in [0.15, 0.2) is 0 Å². The van der Waals surface area contributed by atoms with Crippen LogP contribution in [0.15, 0.2) is 12.7 Å². The lowest BCUT2D eigenvalue weighted by Gasteiger charge is -2.61. The van der Waals surface area contributed by atoms with Gasteiger partial charge in [0.25, 0.3) is 0 Å². The molecule has 0 aromatic carbocycles. The van der Waals surface area contributed by atoms with Crippen molar-refractivity contribution in [1.82, 2.24) is 0 Å². The first kappa shape index (κ1) is 23.1. The summed E-state index contributed by atoms with van der Waals surface area (Å²) in [6, 6.07) is 0. The van der Waals surface area contributed by atoms with Gasteiger partial charge in [-0.05, 0) is 111 Å². The SMILES string of the molecule is C=CCOC(=O)CC[C@@H](C)C1CC[C@H]2[C@@H]3CC[C@@H]4C[C@@H](I)CC[C@]4(C)[C@H]3CC[C@]12C. The van der Waals surface area contributed by atoms with Gasteiger partial charge in [-0.1, -0.05) is 56.0 Å². The summed E-state index contributed by atoms with van der Waals surface area (Å²) in [5, 5.41) is 0. The van der Waals surface area contributed by atoms with E-state index in [0.717, 1.165) is 39.9 Å². The summed E-state index contributed by atoms with van der Waals surface area (Å²) in [5.74, 6) is 5.19. The number of ether oxygens (including phenoxy) is 1. The van der Waals surface area contributed by atoms with Crippen molar-refractivity contribution in [3.8, 4) is 0 Å². The van der Waals surface area contributed by atoms with E-state index in [-0.39, 0.29) is 5.97 Å². The molecule has 0 aliphatic heterocycles. The molecule has 4 aliphatic carbocycles. The highest BCUT2D eigenvalue weighted by Crippen LogP contribution is 2.68. The van der Waals surface area contributed by atoms with Gasteiger partial charge < -0.3 is 4.74 Å². The average molecular weight is 527 g/mol. The van der Waals surface area contributed by atoms with Crippen molar-refractivity contribution in [3.05, 3.63) is 12.7 Å². The number of hydrogen-bond donors (Lipinski definition) is 0. The van der Waals surface area contributed by atoms with Crippen LogP contribution in [0.3, 0.4) is 0 Å². The lowest BCUT2D eigenvalue weighted by molar-refractivity contribution is -0.143. The normalized spacial score (nSPS) is 46.3. The maximum Gasteiger partial charge on any atom is 0.306 e. The lowest BCUT2D eigenvalue weighted by Crippen LogP contribution is -2.53. The number of fused-ring (bicyclic) bond motifs is 5. The van der Waals surface area contributed by atoms with Crippen LogP contribution in [0.4, 0.5) is 0 Å². The van der Waals surface area contributed by atoms with Gasteiger partial charge in [-0.3, -0.25) is 4.79 Å². The number of hydrogen-bond acceptors (Lipinski definition) is 2. The molecular weight excluding hydrogens is 483 g/mol. The molecule has 4 fully saturated rings. The zero-order valence-corrected chi connectivity index (χ0v) is 21.7. The third-order valence-corrected chi connectivity index (χ3v) is 11.7. The molecule has 4 aliphatic rings. The average Bonchev–Trinajstić information content (AvgIpc) is 3.08. The van der Waals surface area contributed by atoms with Crippen LogP contribution >= 0.6 is 22.6 Å². The number of halogens is 1. The van der Waals surface area contributed by atoms with Crippen LogP contribution in [-0.2, 0) is 9.53 Å². The van der Waals surface area contributed by atoms with Crippen molar-refractivity contribution in [3.63, 3.8) is 0 Å². The van der Waals surface area contributed by atoms with E-state index in [9.17, 15) is 4.79 Å². The molecule has 0 heterocycles. The fourth-order valence-electron chi connectivity index (χ4n) is 8.95. The summed E-state index contributed by atoms with van der Waals surface area (Å²) in [7, 11) is 0. The van der Waals surface area contributed by atoms with Crippen LogP contribution < -0.4 is 0 Å². The molecule has 30 heavy (non-hydrogen) atoms. The highest BCUT2D eigenvalue weighted by Gasteiger charge is 2.60. The van der Waals surface area contributed by atoms with Crippen LogP contribution in [0.25, 0.3) is 0 Å². The molecule has 9 atom stereocenters. The maximum absolute atomic E-state index is 12.0. The molecule has 0 radical (unpaired) electrons. The Bertz CT molecular complexity index is 647. The van der Waals surface area contributed by atoms with Gasteiger partial charge in [0.2, 0.25) is 0 Å². The molecule has 2 nitrogen and oxygen atoms in total. The summed E-state index contributed by atoms with van der Waals surface area (Å²) in [6.45, 7) is 11.7. The highest BCUT2D eigenvalue weighted by atomic mass is 127. The fourth-order valence-corrected chi connectivity index (χ4v) is 9.88. The van der Waals surface area contributed by atoms with Gasteiger partial charge in [0.1, 0.15) is 6.61 Å². The zero-order valence-electron chi connectivity index (χ0n) is 19.5. The first-order valence-electron chi connectivity index (χ1n) is 12.7. The standard InChI is InChI=1S/C27H43IO2/c1-5-16-30-25(29)11-6-18(2)22-9-10-23-21-8-7-19-17-20(28)12-14-26(19,3)24(21)13-15-27(22,23)4/h5,18-24H,1,6-17H2,2-4H3/t18-,19-,20+,21+,22?,23+,24+,26+,27-/m1/s1. The van der Waals surface area contributed by atoms with E-state index in [2.05, 4.69) is 49.9 Å². The second kappa shape index (κ2) is 9.06. The Morgan fingerprint density at radius 3 is 2.60 bits per heavy atom. The number of esters is 1. The summed E-state index contributed by atoms with van der Waals surface area (Å²) in [6.07, 6.45) is 16.3. The van der Waals surface area contributed by atoms with Gasteiger partial charge in [-0.2, -0.15) is 0 Å². The first-order valence-corrected chi connectivity index (χ1v) is 13.9. The fraction of sp³-hybridized carbons (Fsp3) is 0.889. The molecule has 1 unspecified atom stereocenters. The molecule has 0 N–H and O–H groups in total. The third kappa shape index (κ3) is 4.03. The van der Waals surface area contributed by atoms with Crippen molar-refractivity contribution in [1.29, 1.82) is 0 Å². The minimum Gasteiger partial charge on any atom is -0.461 e. The molecule has 4 rings (SSSR count). The number of rotatable bonds is 6. The predicted molar refractivity (Wildman–Crippen MR) is 133 cm³/mol. The molecule has 0 spiro atoms. The largest absolute Gasteiger partial charge is 0.461 e. The minimum atomic E-state index is -0.0535. The number of carbonyl (C=O) groups is 1. The molecule has 0 aromatic heterocycles. The molecular formula is C27H43IO2. The number of carbonyl (C=O) groups excluding carboxylic acids is 1. The van der Waals surface area contributed by atoms with E-state index < -0.39 is 0 Å². The topological polar surface area (TPSA) is 26.3 Å². The predicted octanol–water partition coefficient (Wildman–Crippen LogP) is 7.59. The Labute approximate surface area is 198 Å². The lowest BCUT2D eigenvalue weighted by atomic mass is 9.44. The molecule has 0 aromatic rings. The molecule has 3 heteroatoms. The van der Waals surface area contributed by atoms with Gasteiger partial charge in [-0.25, -0.2) is 0 Å². The van der Waals surface area contributed by atoms with Crippen molar-refractivity contribution in [2.45, 2.75) is 95.3 Å². The second-order valence-electron chi connectivity index (χ2n) is 11.7. The summed E-state index contributed by atoms with van der Waals surface area (Å²) in [4.78, 5) is 12.0. The van der Waals surface area contributed by atoms with Crippen LogP contribution in [-0.4, -0.2) is 16.5 Å². The second-order valence-corrected chi connectivity index (χ2v) is 13.5. The van der Waals surface area contributed by atoms with Crippen LogP contribution in [0.1, 0.15) is 91.4 Å². The summed E-state index contributed by atoms with van der Waals surface area (Å²) >= 11 is 2.72. The van der Waals surface area contributed by atoms with E-state index in [1.807, 2.05) is 0 Å². The van der Waals surface area contributed by atoms with Gasteiger partial charge >= 0.3 is 5.97 Å². The smallest absolute Gasteiger partial charge is 0.306 e. The van der Waals surface area contributed by atoms with E-state index >= 15 is 0 Å². The third-order valence-electron chi connectivity index (χ3n) is 10.5. The van der Waals surface area contributed by atoms with E-state index in [4.69, 9.17) is 4.74 Å². The van der Waals surface area contributed by atoms with Gasteiger partial charge in [0.05, 0.1) is 0 Å².